The standard InChI is InChI=1S/C52H84O6/c1-4-7-10-13-16-19-21-23-25-27-28-30-33-36-39-42-45-51(54)57-48-49(47-56-50(53)44-41-38-35-32-18-15-12-9-6-3)58-52(55)46-43-40-37-34-31-29-26-24-22-20-17-14-11-8-5-2/h7,10,16-17,19-20,22-25,28,30,32,35-36,39,49H,4-6,8-9,11-15,18,21,26-27,29,31,33-34,37-38,40-48H2,1-3H3/b10-7-,19-16-,20-17-,24-22-,25-23-,30-28-,35-32-,39-36-. The number of unbranched alkanes of at least 4 members (excludes halogenated alkanes) is 14. The van der Waals surface area contributed by atoms with Gasteiger partial charge in [-0.2, -0.15) is 0 Å². The molecule has 0 bridgehead atoms. The molecule has 0 radical (unpaired) electrons. The number of hydrogen-bond donors (Lipinski definition) is 0. The van der Waals surface area contributed by atoms with Crippen LogP contribution < -0.4 is 0 Å². The van der Waals surface area contributed by atoms with Gasteiger partial charge >= 0.3 is 17.9 Å². The highest BCUT2D eigenvalue weighted by Crippen LogP contribution is 2.12. The summed E-state index contributed by atoms with van der Waals surface area (Å²) in [6, 6.07) is 0. The maximum atomic E-state index is 12.7. The predicted molar refractivity (Wildman–Crippen MR) is 247 cm³/mol. The molecule has 0 aromatic rings. The molecule has 0 rings (SSSR count). The van der Waals surface area contributed by atoms with Crippen molar-refractivity contribution in [2.45, 2.75) is 200 Å². The maximum Gasteiger partial charge on any atom is 0.306 e. The Morgan fingerprint density at radius 1 is 0.379 bits per heavy atom. The van der Waals surface area contributed by atoms with E-state index >= 15 is 0 Å². The molecule has 0 saturated carbocycles. The Morgan fingerprint density at radius 3 is 1.34 bits per heavy atom. The molecular weight excluding hydrogens is 721 g/mol. The second-order valence-corrected chi connectivity index (χ2v) is 14.9. The molecule has 0 saturated heterocycles. The fourth-order valence-electron chi connectivity index (χ4n) is 5.84. The number of hydrogen-bond acceptors (Lipinski definition) is 6. The molecule has 0 spiro atoms. The molecule has 1 atom stereocenters. The molecule has 0 N–H and O–H groups in total. The van der Waals surface area contributed by atoms with Gasteiger partial charge in [-0.25, -0.2) is 0 Å². The smallest absolute Gasteiger partial charge is 0.306 e. The zero-order chi connectivity index (χ0) is 42.3. The molecule has 0 aliphatic carbocycles. The first-order valence-corrected chi connectivity index (χ1v) is 23.3. The van der Waals surface area contributed by atoms with Gasteiger partial charge in [0.25, 0.3) is 0 Å². The molecule has 0 heterocycles. The third-order valence-corrected chi connectivity index (χ3v) is 9.33. The number of carbonyl (C=O) groups excluding carboxylic acids is 3. The zero-order valence-electron chi connectivity index (χ0n) is 37.3. The van der Waals surface area contributed by atoms with E-state index in [9.17, 15) is 14.4 Å². The molecule has 6 nitrogen and oxygen atoms in total. The van der Waals surface area contributed by atoms with Gasteiger partial charge in [-0.1, -0.05) is 176 Å². The predicted octanol–water partition coefficient (Wildman–Crippen LogP) is 15.0. The lowest BCUT2D eigenvalue weighted by molar-refractivity contribution is -0.166. The summed E-state index contributed by atoms with van der Waals surface area (Å²) in [4.78, 5) is 37.7. The van der Waals surface area contributed by atoms with Crippen LogP contribution in [-0.4, -0.2) is 37.2 Å². The highest BCUT2D eigenvalue weighted by Gasteiger charge is 2.19. The van der Waals surface area contributed by atoms with Crippen LogP contribution >= 0.6 is 0 Å². The van der Waals surface area contributed by atoms with Gasteiger partial charge in [-0.15, -0.1) is 0 Å². The van der Waals surface area contributed by atoms with Crippen LogP contribution in [0.2, 0.25) is 0 Å². The van der Waals surface area contributed by atoms with Crippen molar-refractivity contribution in [2.24, 2.45) is 0 Å². The molecule has 0 amide bonds. The number of esters is 3. The van der Waals surface area contributed by atoms with Gasteiger partial charge < -0.3 is 14.2 Å². The summed E-state index contributed by atoms with van der Waals surface area (Å²) in [5.41, 5.74) is 0. The summed E-state index contributed by atoms with van der Waals surface area (Å²) in [5.74, 6) is -1.06. The van der Waals surface area contributed by atoms with E-state index in [4.69, 9.17) is 14.2 Å². The van der Waals surface area contributed by atoms with Crippen molar-refractivity contribution < 1.29 is 28.6 Å². The van der Waals surface area contributed by atoms with Crippen LogP contribution in [0.5, 0.6) is 0 Å². The van der Waals surface area contributed by atoms with Crippen molar-refractivity contribution in [2.75, 3.05) is 13.2 Å². The van der Waals surface area contributed by atoms with E-state index < -0.39 is 6.10 Å². The van der Waals surface area contributed by atoms with E-state index in [1.165, 1.54) is 57.8 Å². The summed E-state index contributed by atoms with van der Waals surface area (Å²) in [6.07, 6.45) is 59.8. The zero-order valence-corrected chi connectivity index (χ0v) is 37.3. The van der Waals surface area contributed by atoms with Crippen molar-refractivity contribution in [1.29, 1.82) is 0 Å². The van der Waals surface area contributed by atoms with E-state index in [-0.39, 0.29) is 37.5 Å². The minimum Gasteiger partial charge on any atom is -0.462 e. The Morgan fingerprint density at radius 2 is 0.776 bits per heavy atom. The van der Waals surface area contributed by atoms with Crippen molar-refractivity contribution in [3.63, 3.8) is 0 Å². The van der Waals surface area contributed by atoms with Gasteiger partial charge in [0.15, 0.2) is 6.10 Å². The quantitative estimate of drug-likeness (QED) is 0.0202. The van der Waals surface area contributed by atoms with Gasteiger partial charge in [0.05, 0.1) is 0 Å². The molecule has 0 fully saturated rings. The monoisotopic (exact) mass is 805 g/mol. The van der Waals surface area contributed by atoms with Crippen LogP contribution in [0.3, 0.4) is 0 Å². The second kappa shape index (κ2) is 46.0. The Bertz CT molecular complexity index is 1200. The fourth-order valence-corrected chi connectivity index (χ4v) is 5.84. The molecular formula is C52H84O6. The van der Waals surface area contributed by atoms with Crippen molar-refractivity contribution >= 4 is 17.9 Å². The van der Waals surface area contributed by atoms with Gasteiger partial charge in [0.1, 0.15) is 13.2 Å². The Balaban J connectivity index is 4.53. The lowest BCUT2D eigenvalue weighted by atomic mass is 10.1. The van der Waals surface area contributed by atoms with Crippen molar-refractivity contribution in [1.82, 2.24) is 0 Å². The Hall–Kier alpha value is -3.67. The van der Waals surface area contributed by atoms with Gasteiger partial charge in [0, 0.05) is 19.3 Å². The average molecular weight is 805 g/mol. The van der Waals surface area contributed by atoms with Crippen molar-refractivity contribution in [3.8, 4) is 0 Å². The van der Waals surface area contributed by atoms with E-state index in [0.29, 0.717) is 25.7 Å². The molecule has 58 heavy (non-hydrogen) atoms. The van der Waals surface area contributed by atoms with Crippen molar-refractivity contribution in [3.05, 3.63) is 97.2 Å². The number of ether oxygens (including phenoxy) is 3. The second-order valence-electron chi connectivity index (χ2n) is 14.9. The van der Waals surface area contributed by atoms with Crippen LogP contribution in [0.1, 0.15) is 194 Å². The summed E-state index contributed by atoms with van der Waals surface area (Å²) in [6.45, 7) is 6.33. The molecule has 0 aromatic carbocycles. The topological polar surface area (TPSA) is 78.9 Å². The van der Waals surface area contributed by atoms with Crippen LogP contribution in [0.25, 0.3) is 0 Å². The van der Waals surface area contributed by atoms with Crippen LogP contribution in [0, 0.1) is 0 Å². The summed E-state index contributed by atoms with van der Waals surface area (Å²) in [7, 11) is 0. The molecule has 328 valence electrons. The van der Waals surface area contributed by atoms with E-state index in [1.54, 1.807) is 0 Å². The number of allylic oxidation sites excluding steroid dienone is 16. The van der Waals surface area contributed by atoms with Gasteiger partial charge in [-0.3, -0.25) is 14.4 Å². The largest absolute Gasteiger partial charge is 0.462 e. The normalized spacial score (nSPS) is 12.9. The lowest BCUT2D eigenvalue weighted by Crippen LogP contribution is -2.30. The summed E-state index contributed by atoms with van der Waals surface area (Å²) in [5, 5.41) is 0. The first-order chi connectivity index (χ1) is 28.5. The van der Waals surface area contributed by atoms with Crippen LogP contribution in [0.4, 0.5) is 0 Å². The number of carbonyl (C=O) groups is 3. The SMILES string of the molecule is CC/C=C\C/C=C\C/C=C\C/C=C\C/C=C\CCC(=O)OCC(COC(=O)CCC/C=C\CCCCCC)OC(=O)CCCCCCCC/C=C\C=C/CCCCC. The summed E-state index contributed by atoms with van der Waals surface area (Å²) >= 11 is 0. The van der Waals surface area contributed by atoms with Crippen LogP contribution in [0.15, 0.2) is 97.2 Å². The molecule has 0 aliphatic rings. The number of rotatable bonds is 40. The maximum absolute atomic E-state index is 12.7. The lowest BCUT2D eigenvalue weighted by Gasteiger charge is -2.18. The molecule has 0 aromatic heterocycles. The third-order valence-electron chi connectivity index (χ3n) is 9.33. The third kappa shape index (κ3) is 43.5. The minimum atomic E-state index is -0.823. The van der Waals surface area contributed by atoms with E-state index in [0.717, 1.165) is 83.5 Å². The highest BCUT2D eigenvalue weighted by molar-refractivity contribution is 5.71. The van der Waals surface area contributed by atoms with Gasteiger partial charge in [-0.05, 0) is 96.3 Å². The van der Waals surface area contributed by atoms with E-state index in [1.807, 2.05) is 12.2 Å². The van der Waals surface area contributed by atoms with E-state index in [2.05, 4.69) is 106 Å². The molecule has 0 aliphatic heterocycles. The van der Waals surface area contributed by atoms with Crippen LogP contribution in [-0.2, 0) is 28.6 Å². The Kier molecular flexibility index (Phi) is 43.1. The highest BCUT2D eigenvalue weighted by atomic mass is 16.6. The molecule has 6 heteroatoms. The molecule has 1 unspecified atom stereocenters. The fraction of sp³-hybridized carbons (Fsp3) is 0.635. The first-order valence-electron chi connectivity index (χ1n) is 23.3. The van der Waals surface area contributed by atoms with Gasteiger partial charge in [0.2, 0.25) is 0 Å². The average Bonchev–Trinajstić information content (AvgIpc) is 3.22. The Labute approximate surface area is 356 Å². The first kappa shape index (κ1) is 54.3. The summed E-state index contributed by atoms with van der Waals surface area (Å²) < 4.78 is 16.6. The minimum absolute atomic E-state index is 0.122.